The largest absolute Gasteiger partial charge is 0.382 e. The van der Waals surface area contributed by atoms with Gasteiger partial charge in [0.2, 0.25) is 0 Å². The quantitative estimate of drug-likeness (QED) is 0.468. The summed E-state index contributed by atoms with van der Waals surface area (Å²) in [6.07, 6.45) is 0. The highest BCUT2D eigenvalue weighted by atomic mass is 35.5. The van der Waals surface area contributed by atoms with Gasteiger partial charge in [-0.3, -0.25) is 15.0 Å². The van der Waals surface area contributed by atoms with Crippen LogP contribution in [0, 0.1) is 5.41 Å². The van der Waals surface area contributed by atoms with Crippen molar-refractivity contribution < 1.29 is 9.59 Å². The number of aromatic nitrogens is 2. The molecule has 9 heteroatoms. The highest BCUT2D eigenvalue weighted by Gasteiger charge is 2.17. The van der Waals surface area contributed by atoms with Gasteiger partial charge in [0.05, 0.1) is 12.4 Å². The second-order valence-corrected chi connectivity index (χ2v) is 4.09. The SMILES string of the molecule is CC(=N)NC(=O)c1nc(Cl)c(NCC(C)=O)nc1N. The molecule has 5 N–H and O–H groups in total. The third-order valence-corrected chi connectivity index (χ3v) is 2.16. The van der Waals surface area contributed by atoms with Crippen molar-refractivity contribution in [2.24, 2.45) is 0 Å². The van der Waals surface area contributed by atoms with Gasteiger partial charge in [0.15, 0.2) is 22.5 Å². The van der Waals surface area contributed by atoms with Gasteiger partial charge in [-0.1, -0.05) is 11.6 Å². The number of nitrogens with one attached hydrogen (secondary N) is 3. The number of carbonyl (C=O) groups is 2. The van der Waals surface area contributed by atoms with E-state index in [0.29, 0.717) is 0 Å². The Hall–Kier alpha value is -2.22. The number of nitrogens with two attached hydrogens (primary N) is 1. The van der Waals surface area contributed by atoms with Crippen molar-refractivity contribution in [3.63, 3.8) is 0 Å². The van der Waals surface area contributed by atoms with Crippen LogP contribution >= 0.6 is 11.6 Å². The maximum atomic E-state index is 11.6. The molecule has 0 radical (unpaired) electrons. The summed E-state index contributed by atoms with van der Waals surface area (Å²) in [5.74, 6) is -0.858. The van der Waals surface area contributed by atoms with Gasteiger partial charge in [0.1, 0.15) is 5.78 Å². The molecule has 0 fully saturated rings. The number of hydrogen-bond acceptors (Lipinski definition) is 7. The lowest BCUT2D eigenvalue weighted by molar-refractivity contribution is -0.115. The predicted molar refractivity (Wildman–Crippen MR) is 71.5 cm³/mol. The summed E-state index contributed by atoms with van der Waals surface area (Å²) in [5.41, 5.74) is 5.41. The zero-order valence-corrected chi connectivity index (χ0v) is 11.1. The van der Waals surface area contributed by atoms with E-state index in [-0.39, 0.29) is 40.6 Å². The molecule has 1 rings (SSSR count). The minimum atomic E-state index is -0.669. The first-order valence-electron chi connectivity index (χ1n) is 5.24. The molecule has 8 nitrogen and oxygen atoms in total. The number of halogens is 1. The summed E-state index contributed by atoms with van der Waals surface area (Å²) in [4.78, 5) is 30.1. The number of nitrogens with zero attached hydrogens (tertiary/aromatic N) is 2. The first kappa shape index (κ1) is 14.8. The fourth-order valence-electron chi connectivity index (χ4n) is 1.15. The Bertz CT molecular complexity index is 545. The van der Waals surface area contributed by atoms with Gasteiger partial charge in [-0.05, 0) is 13.8 Å². The molecular weight excluding hydrogens is 272 g/mol. The molecule has 0 unspecified atom stereocenters. The van der Waals surface area contributed by atoms with Crippen LogP contribution in [-0.2, 0) is 4.79 Å². The normalized spacial score (nSPS) is 9.84. The standard InChI is InChI=1S/C10H13ClN6O2/c1-4(18)3-14-9-7(11)16-6(8(13)17-9)10(19)15-5(2)12/h3H2,1-2H3,(H2,12,15,19)(H3,13,14,17). The van der Waals surface area contributed by atoms with E-state index < -0.39 is 5.91 Å². The van der Waals surface area contributed by atoms with E-state index in [1.807, 2.05) is 0 Å². The van der Waals surface area contributed by atoms with E-state index >= 15 is 0 Å². The first-order chi connectivity index (χ1) is 8.81. The van der Waals surface area contributed by atoms with Crippen molar-refractivity contribution in [1.29, 1.82) is 5.41 Å². The molecule has 102 valence electrons. The van der Waals surface area contributed by atoms with Crippen molar-refractivity contribution in [2.45, 2.75) is 13.8 Å². The summed E-state index contributed by atoms with van der Waals surface area (Å²) < 4.78 is 0. The number of amides is 1. The maximum Gasteiger partial charge on any atom is 0.279 e. The van der Waals surface area contributed by atoms with Gasteiger partial charge in [-0.15, -0.1) is 0 Å². The third kappa shape index (κ3) is 4.18. The number of anilines is 2. The highest BCUT2D eigenvalue weighted by molar-refractivity contribution is 6.32. The monoisotopic (exact) mass is 284 g/mol. The lowest BCUT2D eigenvalue weighted by Gasteiger charge is -2.09. The number of rotatable bonds is 4. The van der Waals surface area contributed by atoms with Crippen molar-refractivity contribution in [3.8, 4) is 0 Å². The average molecular weight is 285 g/mol. The van der Waals surface area contributed by atoms with E-state index in [9.17, 15) is 9.59 Å². The average Bonchev–Trinajstić information content (AvgIpc) is 2.28. The Morgan fingerprint density at radius 2 is 2.00 bits per heavy atom. The molecule has 1 heterocycles. The summed E-state index contributed by atoms with van der Waals surface area (Å²) in [6.45, 7) is 2.82. The molecule has 0 aliphatic carbocycles. The lowest BCUT2D eigenvalue weighted by Crippen LogP contribution is -2.29. The minimum absolute atomic E-state index is 0.0268. The predicted octanol–water partition coefficient (Wildman–Crippen LogP) is 0.440. The second-order valence-electron chi connectivity index (χ2n) is 3.73. The van der Waals surface area contributed by atoms with Gasteiger partial charge in [-0.25, -0.2) is 9.97 Å². The van der Waals surface area contributed by atoms with Gasteiger partial charge >= 0.3 is 0 Å². The Balaban J connectivity index is 2.99. The third-order valence-electron chi connectivity index (χ3n) is 1.90. The number of ketones is 1. The van der Waals surface area contributed by atoms with Gasteiger partial charge < -0.3 is 16.4 Å². The van der Waals surface area contributed by atoms with E-state index in [2.05, 4.69) is 20.6 Å². The summed E-state index contributed by atoms with van der Waals surface area (Å²) in [6, 6.07) is 0. The van der Waals surface area contributed by atoms with Crippen LogP contribution < -0.4 is 16.4 Å². The van der Waals surface area contributed by atoms with E-state index in [0.717, 1.165) is 0 Å². The smallest absolute Gasteiger partial charge is 0.279 e. The number of hydrogen-bond donors (Lipinski definition) is 4. The zero-order valence-electron chi connectivity index (χ0n) is 10.4. The topological polar surface area (TPSA) is 134 Å². The lowest BCUT2D eigenvalue weighted by atomic mass is 10.3. The molecule has 0 aromatic carbocycles. The Labute approximate surface area is 114 Å². The van der Waals surface area contributed by atoms with Gasteiger partial charge in [-0.2, -0.15) is 0 Å². The maximum absolute atomic E-state index is 11.6. The molecule has 0 bridgehead atoms. The van der Waals surface area contributed by atoms with Gasteiger partial charge in [0, 0.05) is 0 Å². The highest BCUT2D eigenvalue weighted by Crippen LogP contribution is 2.20. The van der Waals surface area contributed by atoms with Crippen LogP contribution in [0.1, 0.15) is 24.3 Å². The van der Waals surface area contributed by atoms with Crippen molar-refractivity contribution in [1.82, 2.24) is 15.3 Å². The Kier molecular flexibility index (Phi) is 4.76. The first-order valence-corrected chi connectivity index (χ1v) is 5.62. The molecule has 0 saturated carbocycles. The van der Waals surface area contributed by atoms with Crippen LogP contribution in [0.4, 0.5) is 11.6 Å². The molecule has 19 heavy (non-hydrogen) atoms. The number of nitrogen functional groups attached to an aromatic ring is 1. The minimum Gasteiger partial charge on any atom is -0.382 e. The molecule has 0 spiro atoms. The van der Waals surface area contributed by atoms with Crippen molar-refractivity contribution in [2.75, 3.05) is 17.6 Å². The summed E-state index contributed by atoms with van der Waals surface area (Å²) >= 11 is 5.83. The summed E-state index contributed by atoms with van der Waals surface area (Å²) in [7, 11) is 0. The van der Waals surface area contributed by atoms with E-state index in [1.165, 1.54) is 13.8 Å². The zero-order chi connectivity index (χ0) is 14.6. The number of carbonyl (C=O) groups excluding carboxylic acids is 2. The molecule has 1 aromatic heterocycles. The van der Waals surface area contributed by atoms with E-state index in [4.69, 9.17) is 22.7 Å². The Morgan fingerprint density at radius 3 is 2.53 bits per heavy atom. The van der Waals surface area contributed by atoms with Crippen LogP contribution in [0.2, 0.25) is 5.15 Å². The van der Waals surface area contributed by atoms with Crippen molar-refractivity contribution in [3.05, 3.63) is 10.8 Å². The van der Waals surface area contributed by atoms with E-state index in [1.54, 1.807) is 0 Å². The van der Waals surface area contributed by atoms with Crippen LogP contribution in [0.15, 0.2) is 0 Å². The number of Topliss-reactive ketones (excluding diaryl/α,β-unsaturated/α-hetero) is 1. The Morgan fingerprint density at radius 1 is 1.37 bits per heavy atom. The molecule has 1 amide bonds. The van der Waals surface area contributed by atoms with Crippen LogP contribution in [0.25, 0.3) is 0 Å². The molecular formula is C10H13ClN6O2. The van der Waals surface area contributed by atoms with Crippen LogP contribution in [-0.4, -0.2) is 34.0 Å². The van der Waals surface area contributed by atoms with Crippen LogP contribution in [0.5, 0.6) is 0 Å². The molecule has 0 atom stereocenters. The summed E-state index contributed by atoms with van der Waals surface area (Å²) in [5, 5.41) is 11.9. The second kappa shape index (κ2) is 6.10. The molecule has 0 saturated heterocycles. The van der Waals surface area contributed by atoms with Crippen LogP contribution in [0.3, 0.4) is 0 Å². The fourth-order valence-corrected chi connectivity index (χ4v) is 1.34. The fraction of sp³-hybridized carbons (Fsp3) is 0.300. The van der Waals surface area contributed by atoms with Crippen molar-refractivity contribution >= 4 is 40.8 Å². The molecule has 1 aromatic rings. The molecule has 0 aliphatic rings. The molecule has 0 aliphatic heterocycles. The van der Waals surface area contributed by atoms with Gasteiger partial charge in [0.25, 0.3) is 5.91 Å². The number of amidine groups is 1.